The maximum atomic E-state index is 13.6. The predicted molar refractivity (Wildman–Crippen MR) is 81.6 cm³/mol. The summed E-state index contributed by atoms with van der Waals surface area (Å²) in [6.07, 6.45) is 0. The first-order valence-electron chi connectivity index (χ1n) is 5.78. The van der Waals surface area contributed by atoms with Crippen molar-refractivity contribution in [2.75, 3.05) is 5.32 Å². The van der Waals surface area contributed by atoms with Gasteiger partial charge < -0.3 is 5.32 Å². The fourth-order valence-corrected chi connectivity index (χ4v) is 2.66. The van der Waals surface area contributed by atoms with Crippen LogP contribution in [0, 0.1) is 5.82 Å². The van der Waals surface area contributed by atoms with Crippen molar-refractivity contribution >= 4 is 38.9 Å². The van der Waals surface area contributed by atoms with Crippen LogP contribution in [0.3, 0.4) is 0 Å². The zero-order valence-electron chi connectivity index (χ0n) is 10.6. The van der Waals surface area contributed by atoms with Crippen molar-refractivity contribution in [3.8, 4) is 0 Å². The highest BCUT2D eigenvalue weighted by atomic mass is 35.5. The highest BCUT2D eigenvalue weighted by Crippen LogP contribution is 2.27. The zero-order valence-corrected chi connectivity index (χ0v) is 12.9. The van der Waals surface area contributed by atoms with Gasteiger partial charge in [0.15, 0.2) is 0 Å². The quantitative estimate of drug-likeness (QED) is 0.889. The molecule has 8 heteroatoms. The van der Waals surface area contributed by atoms with Gasteiger partial charge in [-0.05, 0) is 30.3 Å². The molecule has 0 amide bonds. The Hall–Kier alpha value is -1.34. The van der Waals surface area contributed by atoms with Crippen molar-refractivity contribution in [2.45, 2.75) is 11.4 Å². The zero-order chi connectivity index (χ0) is 15.6. The summed E-state index contributed by atoms with van der Waals surface area (Å²) in [4.78, 5) is -0.0889. The Kier molecular flexibility index (Phi) is 4.73. The van der Waals surface area contributed by atoms with E-state index in [9.17, 15) is 12.8 Å². The lowest BCUT2D eigenvalue weighted by molar-refractivity contribution is 0.597. The molecule has 0 bridgehead atoms. The molecule has 2 rings (SSSR count). The van der Waals surface area contributed by atoms with Gasteiger partial charge in [-0.2, -0.15) is 0 Å². The predicted octanol–water partition coefficient (Wildman–Crippen LogP) is 3.39. The van der Waals surface area contributed by atoms with Crippen LogP contribution >= 0.6 is 23.2 Å². The molecular weight excluding hydrogens is 338 g/mol. The van der Waals surface area contributed by atoms with E-state index in [1.54, 1.807) is 6.07 Å². The molecule has 0 saturated carbocycles. The van der Waals surface area contributed by atoms with Gasteiger partial charge in [0.2, 0.25) is 10.0 Å². The van der Waals surface area contributed by atoms with Gasteiger partial charge in [0, 0.05) is 17.1 Å². The van der Waals surface area contributed by atoms with Crippen LogP contribution < -0.4 is 10.5 Å². The lowest BCUT2D eigenvalue weighted by atomic mass is 10.2. The molecule has 0 radical (unpaired) electrons. The summed E-state index contributed by atoms with van der Waals surface area (Å²) < 4.78 is 36.3. The molecule has 0 aliphatic carbocycles. The van der Waals surface area contributed by atoms with E-state index in [0.29, 0.717) is 5.69 Å². The average Bonchev–Trinajstić information content (AvgIpc) is 2.38. The minimum absolute atomic E-state index is 0.0549. The molecule has 0 heterocycles. The van der Waals surface area contributed by atoms with Gasteiger partial charge in [-0.15, -0.1) is 0 Å². The van der Waals surface area contributed by atoms with Crippen LogP contribution in [0.15, 0.2) is 41.3 Å². The smallest absolute Gasteiger partial charge is 0.238 e. The minimum atomic E-state index is -3.84. The summed E-state index contributed by atoms with van der Waals surface area (Å²) >= 11 is 11.9. The minimum Gasteiger partial charge on any atom is -0.380 e. The van der Waals surface area contributed by atoms with Crippen LogP contribution in [0.5, 0.6) is 0 Å². The number of rotatable bonds is 4. The molecule has 0 aliphatic heterocycles. The van der Waals surface area contributed by atoms with Crippen molar-refractivity contribution < 1.29 is 12.8 Å². The topological polar surface area (TPSA) is 72.2 Å². The lowest BCUT2D eigenvalue weighted by Crippen LogP contribution is -2.12. The standard InChI is InChI=1S/C13H11Cl2FN2O2S/c14-10-2-1-3-12(16)9(10)7-18-13-6-8(21(17,19)20)4-5-11(13)15/h1-6,18H,7H2,(H2,17,19,20). The molecule has 112 valence electrons. The molecule has 2 aromatic carbocycles. The van der Waals surface area contributed by atoms with Crippen LogP contribution in [0.2, 0.25) is 10.0 Å². The van der Waals surface area contributed by atoms with Crippen molar-refractivity contribution in [3.05, 3.63) is 57.8 Å². The molecule has 0 aromatic heterocycles. The molecule has 0 spiro atoms. The Labute approximate surface area is 131 Å². The third-order valence-corrected chi connectivity index (χ3v) is 4.38. The third kappa shape index (κ3) is 3.85. The molecule has 21 heavy (non-hydrogen) atoms. The van der Waals surface area contributed by atoms with Crippen LogP contribution in [-0.2, 0) is 16.6 Å². The van der Waals surface area contributed by atoms with E-state index in [4.69, 9.17) is 28.3 Å². The number of primary sulfonamides is 1. The number of hydrogen-bond acceptors (Lipinski definition) is 3. The number of anilines is 1. The molecule has 4 nitrogen and oxygen atoms in total. The van der Waals surface area contributed by atoms with Crippen LogP contribution in [0.4, 0.5) is 10.1 Å². The van der Waals surface area contributed by atoms with Crippen molar-refractivity contribution in [3.63, 3.8) is 0 Å². The number of benzene rings is 2. The van der Waals surface area contributed by atoms with Gasteiger partial charge in [-0.25, -0.2) is 17.9 Å². The van der Waals surface area contributed by atoms with E-state index in [-0.39, 0.29) is 27.0 Å². The number of sulfonamides is 1. The van der Waals surface area contributed by atoms with Gasteiger partial charge in [0.1, 0.15) is 5.82 Å². The molecule has 3 N–H and O–H groups in total. The first kappa shape index (κ1) is 16.0. The number of nitrogens with one attached hydrogen (secondary N) is 1. The van der Waals surface area contributed by atoms with Gasteiger partial charge in [0.05, 0.1) is 15.6 Å². The average molecular weight is 349 g/mol. The molecule has 0 atom stereocenters. The first-order valence-corrected chi connectivity index (χ1v) is 8.08. The van der Waals surface area contributed by atoms with Gasteiger partial charge in [-0.3, -0.25) is 0 Å². The van der Waals surface area contributed by atoms with E-state index in [1.165, 1.54) is 30.3 Å². The Morgan fingerprint density at radius 1 is 1.14 bits per heavy atom. The maximum absolute atomic E-state index is 13.6. The van der Waals surface area contributed by atoms with E-state index >= 15 is 0 Å². The summed E-state index contributed by atoms with van der Waals surface area (Å²) in [6, 6.07) is 8.31. The normalized spacial score (nSPS) is 11.4. The van der Waals surface area contributed by atoms with Crippen molar-refractivity contribution in [1.82, 2.24) is 0 Å². The van der Waals surface area contributed by atoms with Crippen molar-refractivity contribution in [1.29, 1.82) is 0 Å². The second-order valence-corrected chi connectivity index (χ2v) is 6.62. The van der Waals surface area contributed by atoms with E-state index in [0.717, 1.165) is 0 Å². The molecular formula is C13H11Cl2FN2O2S. The summed E-state index contributed by atoms with van der Waals surface area (Å²) in [6.45, 7) is 0.0549. The monoisotopic (exact) mass is 348 g/mol. The first-order chi connectivity index (χ1) is 9.79. The fourth-order valence-electron chi connectivity index (χ4n) is 1.70. The Morgan fingerprint density at radius 2 is 1.86 bits per heavy atom. The van der Waals surface area contributed by atoms with E-state index in [1.807, 2.05) is 0 Å². The summed E-state index contributed by atoms with van der Waals surface area (Å²) in [5, 5.41) is 8.45. The molecule has 0 aliphatic rings. The second-order valence-electron chi connectivity index (χ2n) is 4.24. The maximum Gasteiger partial charge on any atom is 0.238 e. The highest BCUT2D eigenvalue weighted by Gasteiger charge is 2.12. The number of hydrogen-bond donors (Lipinski definition) is 2. The molecule has 2 aromatic rings. The summed E-state index contributed by atoms with van der Waals surface area (Å²) in [5.41, 5.74) is 0.582. The molecule has 0 saturated heterocycles. The molecule has 0 fully saturated rings. The Bertz CT molecular complexity index is 761. The largest absolute Gasteiger partial charge is 0.380 e. The fraction of sp³-hybridized carbons (Fsp3) is 0.0769. The van der Waals surface area contributed by atoms with Crippen LogP contribution in [0.1, 0.15) is 5.56 Å². The van der Waals surface area contributed by atoms with Gasteiger partial charge in [0.25, 0.3) is 0 Å². The second kappa shape index (κ2) is 6.19. The van der Waals surface area contributed by atoms with Crippen LogP contribution in [0.25, 0.3) is 0 Å². The van der Waals surface area contributed by atoms with E-state index in [2.05, 4.69) is 5.32 Å². The Balaban J connectivity index is 2.28. The lowest BCUT2D eigenvalue weighted by Gasteiger charge is -2.11. The summed E-state index contributed by atoms with van der Waals surface area (Å²) in [5.74, 6) is -0.464. The molecule has 0 unspecified atom stereocenters. The van der Waals surface area contributed by atoms with Crippen molar-refractivity contribution in [2.24, 2.45) is 5.14 Å². The third-order valence-electron chi connectivity index (χ3n) is 2.78. The number of nitrogens with two attached hydrogens (primary N) is 1. The van der Waals surface area contributed by atoms with Gasteiger partial charge in [-0.1, -0.05) is 29.3 Å². The Morgan fingerprint density at radius 3 is 2.48 bits per heavy atom. The van der Waals surface area contributed by atoms with Gasteiger partial charge >= 0.3 is 0 Å². The van der Waals surface area contributed by atoms with Crippen LogP contribution in [-0.4, -0.2) is 8.42 Å². The van der Waals surface area contributed by atoms with E-state index < -0.39 is 15.8 Å². The summed E-state index contributed by atoms with van der Waals surface area (Å²) in [7, 11) is -3.84. The highest BCUT2D eigenvalue weighted by molar-refractivity contribution is 7.89. The number of halogens is 3. The SMILES string of the molecule is NS(=O)(=O)c1ccc(Cl)c(NCc2c(F)cccc2Cl)c1.